The fourth-order valence-electron chi connectivity index (χ4n) is 3.58. The first kappa shape index (κ1) is 19.1. The third kappa shape index (κ3) is 4.13. The highest BCUT2D eigenvalue weighted by Crippen LogP contribution is 2.31. The Labute approximate surface area is 165 Å². The van der Waals surface area contributed by atoms with E-state index in [9.17, 15) is 18.4 Å². The minimum atomic E-state index is -2.75. The number of fused-ring (bicyclic) bond motifs is 1. The van der Waals surface area contributed by atoms with Crippen molar-refractivity contribution in [3.05, 3.63) is 48.0 Å². The Bertz CT molecular complexity index is 1040. The number of nitrogens with zero attached hydrogens (tertiary/aromatic N) is 4. The molecule has 1 aliphatic carbocycles. The van der Waals surface area contributed by atoms with Gasteiger partial charge in [-0.15, -0.1) is 0 Å². The summed E-state index contributed by atoms with van der Waals surface area (Å²) in [7, 11) is 0. The van der Waals surface area contributed by atoms with Gasteiger partial charge in [0, 0.05) is 17.5 Å². The van der Waals surface area contributed by atoms with Gasteiger partial charge in [-0.2, -0.15) is 5.10 Å². The molecule has 0 saturated heterocycles. The van der Waals surface area contributed by atoms with Crippen LogP contribution in [0.1, 0.15) is 54.3 Å². The fraction of sp³-hybridized carbons (Fsp3) is 0.350. The van der Waals surface area contributed by atoms with Crippen LogP contribution in [-0.4, -0.2) is 31.9 Å². The zero-order valence-electron chi connectivity index (χ0n) is 15.5. The molecule has 0 atom stereocenters. The number of pyridine rings is 2. The molecule has 0 aliphatic heterocycles. The Balaban J connectivity index is 1.50. The Morgan fingerprint density at radius 1 is 1.24 bits per heavy atom. The van der Waals surface area contributed by atoms with Crippen molar-refractivity contribution in [1.29, 1.82) is 0 Å². The quantitative estimate of drug-likeness (QED) is 0.656. The predicted octanol–water partition coefficient (Wildman–Crippen LogP) is 3.95. The maximum atomic E-state index is 12.8. The highest BCUT2D eigenvalue weighted by atomic mass is 19.3. The third-order valence-corrected chi connectivity index (χ3v) is 5.18. The zero-order valence-corrected chi connectivity index (χ0v) is 15.5. The summed E-state index contributed by atoms with van der Waals surface area (Å²) >= 11 is 0. The van der Waals surface area contributed by atoms with Crippen molar-refractivity contribution in [2.75, 3.05) is 5.32 Å². The van der Waals surface area contributed by atoms with Crippen molar-refractivity contribution in [1.82, 2.24) is 19.7 Å². The minimum Gasteiger partial charge on any atom is -0.305 e. The van der Waals surface area contributed by atoms with E-state index in [1.807, 2.05) is 10.9 Å². The number of rotatable bonds is 5. The van der Waals surface area contributed by atoms with E-state index in [1.165, 1.54) is 18.2 Å². The van der Waals surface area contributed by atoms with Crippen LogP contribution in [0.4, 0.5) is 14.6 Å². The summed E-state index contributed by atoms with van der Waals surface area (Å²) in [5.41, 5.74) is 0.136. The number of anilines is 1. The first-order valence-electron chi connectivity index (χ1n) is 9.40. The lowest BCUT2D eigenvalue weighted by Gasteiger charge is -2.25. The van der Waals surface area contributed by atoms with Crippen LogP contribution >= 0.6 is 0 Å². The van der Waals surface area contributed by atoms with Crippen molar-refractivity contribution in [2.24, 2.45) is 5.92 Å². The second kappa shape index (κ2) is 8.02. The molecule has 29 heavy (non-hydrogen) atoms. The van der Waals surface area contributed by atoms with Crippen LogP contribution in [0.15, 0.2) is 36.7 Å². The molecule has 0 spiro atoms. The molecule has 3 aromatic rings. The molecule has 1 saturated carbocycles. The maximum absolute atomic E-state index is 12.8. The van der Waals surface area contributed by atoms with Gasteiger partial charge in [0.1, 0.15) is 29.0 Å². The summed E-state index contributed by atoms with van der Waals surface area (Å²) in [5.74, 6) is -0.188. The SMILES string of the molecule is O=C[C@H]1CC[C@H](n2cc3cc(NC(=O)c4cccc(C(F)F)n4)ncc3n2)CC1. The average Bonchev–Trinajstić information content (AvgIpc) is 3.17. The van der Waals surface area contributed by atoms with Crippen molar-refractivity contribution in [3.63, 3.8) is 0 Å². The van der Waals surface area contributed by atoms with Crippen LogP contribution in [0.2, 0.25) is 0 Å². The number of hydrogen-bond donors (Lipinski definition) is 1. The number of carbonyl (C=O) groups is 2. The number of alkyl halides is 2. The molecule has 1 aliphatic rings. The molecule has 0 radical (unpaired) electrons. The normalized spacial score (nSPS) is 19.4. The van der Waals surface area contributed by atoms with Gasteiger partial charge in [-0.25, -0.2) is 18.7 Å². The van der Waals surface area contributed by atoms with Gasteiger partial charge in [0.15, 0.2) is 0 Å². The van der Waals surface area contributed by atoms with E-state index >= 15 is 0 Å². The highest BCUT2D eigenvalue weighted by molar-refractivity contribution is 6.03. The molecular weight excluding hydrogens is 380 g/mol. The first-order chi connectivity index (χ1) is 14.0. The van der Waals surface area contributed by atoms with E-state index in [0.29, 0.717) is 5.52 Å². The van der Waals surface area contributed by atoms with E-state index < -0.39 is 18.0 Å². The molecule has 1 N–H and O–H groups in total. The molecule has 3 heterocycles. The predicted molar refractivity (Wildman–Crippen MR) is 102 cm³/mol. The van der Waals surface area contributed by atoms with Crippen LogP contribution < -0.4 is 5.32 Å². The first-order valence-corrected chi connectivity index (χ1v) is 9.40. The van der Waals surface area contributed by atoms with Crippen LogP contribution in [-0.2, 0) is 4.79 Å². The Hall–Kier alpha value is -3.23. The van der Waals surface area contributed by atoms with E-state index in [4.69, 9.17) is 0 Å². The van der Waals surface area contributed by atoms with Crippen molar-refractivity contribution in [3.8, 4) is 0 Å². The maximum Gasteiger partial charge on any atom is 0.280 e. The Morgan fingerprint density at radius 2 is 2.03 bits per heavy atom. The van der Waals surface area contributed by atoms with E-state index in [-0.39, 0.29) is 23.5 Å². The molecule has 7 nitrogen and oxygen atoms in total. The highest BCUT2D eigenvalue weighted by Gasteiger charge is 2.23. The summed E-state index contributed by atoms with van der Waals surface area (Å²) < 4.78 is 27.4. The monoisotopic (exact) mass is 399 g/mol. The Kier molecular flexibility index (Phi) is 5.28. The standard InChI is InChI=1S/C20H19F2N5O2/c21-19(22)15-2-1-3-16(24-15)20(29)25-18-8-13-10-27(26-17(13)9-23-18)14-6-4-12(11-28)5-7-14/h1-3,8-12,14,19H,4-7H2,(H,25,29)/t12-,14-. The van der Waals surface area contributed by atoms with E-state index in [1.54, 1.807) is 12.3 Å². The van der Waals surface area contributed by atoms with Crippen LogP contribution in [0.3, 0.4) is 0 Å². The van der Waals surface area contributed by atoms with E-state index in [2.05, 4.69) is 20.4 Å². The third-order valence-electron chi connectivity index (χ3n) is 5.18. The summed E-state index contributed by atoms with van der Waals surface area (Å²) in [6.45, 7) is 0. The molecule has 9 heteroatoms. The fourth-order valence-corrected chi connectivity index (χ4v) is 3.58. The summed E-state index contributed by atoms with van der Waals surface area (Å²) in [4.78, 5) is 31.1. The van der Waals surface area contributed by atoms with Gasteiger partial charge in [0.2, 0.25) is 0 Å². The van der Waals surface area contributed by atoms with Gasteiger partial charge >= 0.3 is 0 Å². The van der Waals surface area contributed by atoms with Gasteiger partial charge in [-0.05, 0) is 43.9 Å². The number of amides is 1. The zero-order chi connectivity index (χ0) is 20.4. The minimum absolute atomic E-state index is 0.104. The molecule has 0 bridgehead atoms. The number of nitrogens with one attached hydrogen (secondary N) is 1. The van der Waals surface area contributed by atoms with Crippen LogP contribution in [0, 0.1) is 5.92 Å². The number of halogens is 2. The number of aromatic nitrogens is 4. The van der Waals surface area contributed by atoms with Gasteiger partial charge < -0.3 is 10.1 Å². The van der Waals surface area contributed by atoms with Crippen molar-refractivity contribution < 1.29 is 18.4 Å². The largest absolute Gasteiger partial charge is 0.305 e. The van der Waals surface area contributed by atoms with E-state index in [0.717, 1.165) is 37.4 Å². The average molecular weight is 399 g/mol. The molecule has 3 aromatic heterocycles. The topological polar surface area (TPSA) is 89.8 Å². The lowest BCUT2D eigenvalue weighted by molar-refractivity contribution is -0.112. The lowest BCUT2D eigenvalue weighted by atomic mass is 9.87. The summed E-state index contributed by atoms with van der Waals surface area (Å²) in [6, 6.07) is 5.82. The van der Waals surface area contributed by atoms with Gasteiger partial charge in [0.05, 0.1) is 12.2 Å². The van der Waals surface area contributed by atoms with Crippen molar-refractivity contribution in [2.45, 2.75) is 38.2 Å². The lowest BCUT2D eigenvalue weighted by Crippen LogP contribution is -2.19. The van der Waals surface area contributed by atoms with Crippen LogP contribution in [0.5, 0.6) is 0 Å². The second-order valence-corrected chi connectivity index (χ2v) is 7.14. The molecule has 4 rings (SSSR count). The molecule has 0 unspecified atom stereocenters. The van der Waals surface area contributed by atoms with Gasteiger partial charge in [-0.3, -0.25) is 9.48 Å². The second-order valence-electron chi connectivity index (χ2n) is 7.14. The smallest absolute Gasteiger partial charge is 0.280 e. The Morgan fingerprint density at radius 3 is 2.76 bits per heavy atom. The molecule has 150 valence electrons. The van der Waals surface area contributed by atoms with Crippen LogP contribution in [0.25, 0.3) is 10.9 Å². The molecular formula is C20H19F2N5O2. The molecule has 1 fully saturated rings. The molecule has 1 amide bonds. The number of aldehydes is 1. The number of hydrogen-bond acceptors (Lipinski definition) is 5. The summed E-state index contributed by atoms with van der Waals surface area (Å²) in [6.07, 6.45) is 5.23. The van der Waals surface area contributed by atoms with Gasteiger partial charge in [-0.1, -0.05) is 6.07 Å². The summed E-state index contributed by atoms with van der Waals surface area (Å²) in [5, 5.41) is 7.95. The van der Waals surface area contributed by atoms with Gasteiger partial charge in [0.25, 0.3) is 12.3 Å². The van der Waals surface area contributed by atoms with Crippen molar-refractivity contribution >= 4 is 28.9 Å². The number of carbonyl (C=O) groups excluding carboxylic acids is 2. The molecule has 0 aromatic carbocycles.